The predicted molar refractivity (Wildman–Crippen MR) is 73.0 cm³/mol. The maximum Gasteiger partial charge on any atom is 0.339 e. The summed E-state index contributed by atoms with van der Waals surface area (Å²) < 4.78 is 5.80. The average molecular weight is 300 g/mol. The van der Waals surface area contributed by atoms with Gasteiger partial charge in [-0.05, 0) is 34.5 Å². The Labute approximate surface area is 110 Å². The fourth-order valence-corrected chi connectivity index (χ4v) is 1.91. The predicted octanol–water partition coefficient (Wildman–Crippen LogP) is 3.77. The standard InChI is InChI=1S/C13H18BrNO2/c1-2-3-4-5-9-17-13(16)10-7-6-8-11(15)12(10)14/h6-8H,2-5,9,15H2,1H3. The van der Waals surface area contributed by atoms with Crippen LogP contribution in [0.25, 0.3) is 0 Å². The largest absolute Gasteiger partial charge is 0.462 e. The summed E-state index contributed by atoms with van der Waals surface area (Å²) in [6.07, 6.45) is 4.37. The monoisotopic (exact) mass is 299 g/mol. The highest BCUT2D eigenvalue weighted by Gasteiger charge is 2.12. The van der Waals surface area contributed by atoms with Gasteiger partial charge in [0, 0.05) is 5.69 Å². The topological polar surface area (TPSA) is 52.3 Å². The van der Waals surface area contributed by atoms with Gasteiger partial charge < -0.3 is 10.5 Å². The number of carbonyl (C=O) groups excluding carboxylic acids is 1. The second-order valence-corrected chi connectivity index (χ2v) is 4.70. The number of nitrogen functional groups attached to an aromatic ring is 1. The van der Waals surface area contributed by atoms with Gasteiger partial charge in [0.1, 0.15) is 0 Å². The molecule has 0 radical (unpaired) electrons. The van der Waals surface area contributed by atoms with Crippen LogP contribution in [0, 0.1) is 0 Å². The molecular weight excluding hydrogens is 282 g/mol. The minimum absolute atomic E-state index is 0.319. The molecule has 3 nitrogen and oxygen atoms in total. The normalized spacial score (nSPS) is 10.2. The number of nitrogens with two attached hydrogens (primary N) is 1. The molecule has 1 aromatic carbocycles. The Morgan fingerprint density at radius 3 is 2.82 bits per heavy atom. The van der Waals surface area contributed by atoms with E-state index in [9.17, 15) is 4.79 Å². The molecule has 0 aliphatic carbocycles. The lowest BCUT2D eigenvalue weighted by atomic mass is 10.2. The van der Waals surface area contributed by atoms with E-state index in [1.54, 1.807) is 18.2 Å². The zero-order valence-electron chi connectivity index (χ0n) is 10.0. The van der Waals surface area contributed by atoms with Crippen molar-refractivity contribution in [3.05, 3.63) is 28.2 Å². The molecule has 4 heteroatoms. The lowest BCUT2D eigenvalue weighted by molar-refractivity contribution is 0.0497. The summed E-state index contributed by atoms with van der Waals surface area (Å²) >= 11 is 3.29. The molecule has 0 amide bonds. The second-order valence-electron chi connectivity index (χ2n) is 3.91. The van der Waals surface area contributed by atoms with Gasteiger partial charge in [-0.15, -0.1) is 0 Å². The molecule has 0 unspecified atom stereocenters. The molecule has 0 saturated carbocycles. The van der Waals surface area contributed by atoms with Crippen LogP contribution in [-0.4, -0.2) is 12.6 Å². The number of ether oxygens (including phenoxy) is 1. The van der Waals surface area contributed by atoms with Crippen molar-refractivity contribution in [3.63, 3.8) is 0 Å². The molecule has 0 bridgehead atoms. The van der Waals surface area contributed by atoms with Crippen LogP contribution >= 0.6 is 15.9 Å². The summed E-state index contributed by atoms with van der Waals surface area (Å²) in [5.74, 6) is -0.319. The van der Waals surface area contributed by atoms with Gasteiger partial charge in [-0.2, -0.15) is 0 Å². The van der Waals surface area contributed by atoms with E-state index in [4.69, 9.17) is 10.5 Å². The third-order valence-corrected chi connectivity index (χ3v) is 3.36. The highest BCUT2D eigenvalue weighted by atomic mass is 79.9. The summed E-state index contributed by atoms with van der Waals surface area (Å²) in [6.45, 7) is 2.62. The molecule has 1 rings (SSSR count). The number of hydrogen-bond acceptors (Lipinski definition) is 3. The number of anilines is 1. The van der Waals surface area contributed by atoms with Gasteiger partial charge in [-0.25, -0.2) is 4.79 Å². The van der Waals surface area contributed by atoms with Crippen LogP contribution < -0.4 is 5.73 Å². The lowest BCUT2D eigenvalue weighted by Gasteiger charge is -2.07. The second kappa shape index (κ2) is 7.33. The Kier molecular flexibility index (Phi) is 6.05. The maximum absolute atomic E-state index is 11.7. The van der Waals surface area contributed by atoms with Gasteiger partial charge in [0.2, 0.25) is 0 Å². The fraction of sp³-hybridized carbons (Fsp3) is 0.462. The third kappa shape index (κ3) is 4.38. The van der Waals surface area contributed by atoms with E-state index in [2.05, 4.69) is 22.9 Å². The van der Waals surface area contributed by atoms with Gasteiger partial charge in [0.25, 0.3) is 0 Å². The van der Waals surface area contributed by atoms with Crippen molar-refractivity contribution in [1.29, 1.82) is 0 Å². The average Bonchev–Trinajstić information content (AvgIpc) is 2.32. The molecule has 0 aromatic heterocycles. The highest BCUT2D eigenvalue weighted by Crippen LogP contribution is 2.24. The van der Waals surface area contributed by atoms with Crippen LogP contribution in [0.5, 0.6) is 0 Å². The first-order valence-corrected chi connectivity index (χ1v) is 6.67. The first-order chi connectivity index (χ1) is 8.16. The van der Waals surface area contributed by atoms with Crippen LogP contribution in [0.15, 0.2) is 22.7 Å². The van der Waals surface area contributed by atoms with Crippen LogP contribution in [0.3, 0.4) is 0 Å². The van der Waals surface area contributed by atoms with Crippen molar-refractivity contribution in [2.24, 2.45) is 0 Å². The molecule has 0 fully saturated rings. The van der Waals surface area contributed by atoms with Gasteiger partial charge in [-0.1, -0.05) is 32.3 Å². The molecule has 0 saturated heterocycles. The lowest BCUT2D eigenvalue weighted by Crippen LogP contribution is -2.08. The first kappa shape index (κ1) is 14.0. The SMILES string of the molecule is CCCCCCOC(=O)c1cccc(N)c1Br. The summed E-state index contributed by atoms with van der Waals surface area (Å²) in [5, 5.41) is 0. The zero-order chi connectivity index (χ0) is 12.7. The molecule has 94 valence electrons. The van der Waals surface area contributed by atoms with E-state index >= 15 is 0 Å². The van der Waals surface area contributed by atoms with E-state index in [0.29, 0.717) is 22.3 Å². The molecule has 0 aliphatic heterocycles. The number of rotatable bonds is 6. The van der Waals surface area contributed by atoms with Crippen molar-refractivity contribution < 1.29 is 9.53 Å². The Balaban J connectivity index is 2.44. The third-order valence-electron chi connectivity index (χ3n) is 2.48. The number of hydrogen-bond donors (Lipinski definition) is 1. The maximum atomic E-state index is 11.7. The van der Waals surface area contributed by atoms with Crippen molar-refractivity contribution in [1.82, 2.24) is 0 Å². The minimum Gasteiger partial charge on any atom is -0.462 e. The summed E-state index contributed by atoms with van der Waals surface area (Å²) in [5.41, 5.74) is 6.73. The van der Waals surface area contributed by atoms with Gasteiger partial charge in [0.15, 0.2) is 0 Å². The quantitative estimate of drug-likeness (QED) is 0.494. The van der Waals surface area contributed by atoms with E-state index < -0.39 is 0 Å². The highest BCUT2D eigenvalue weighted by molar-refractivity contribution is 9.10. The number of esters is 1. The minimum atomic E-state index is -0.319. The fourth-order valence-electron chi connectivity index (χ4n) is 1.48. The van der Waals surface area contributed by atoms with E-state index in [-0.39, 0.29) is 5.97 Å². The summed E-state index contributed by atoms with van der Waals surface area (Å²) in [4.78, 5) is 11.7. The van der Waals surface area contributed by atoms with Gasteiger partial charge >= 0.3 is 5.97 Å². The molecule has 0 spiro atoms. The zero-order valence-corrected chi connectivity index (χ0v) is 11.6. The molecular formula is C13H18BrNO2. The Morgan fingerprint density at radius 1 is 1.35 bits per heavy atom. The molecule has 1 aromatic rings. The number of halogens is 1. The first-order valence-electron chi connectivity index (χ1n) is 5.88. The number of carbonyl (C=O) groups is 1. The van der Waals surface area contributed by atoms with Gasteiger partial charge in [-0.3, -0.25) is 0 Å². The van der Waals surface area contributed by atoms with Crippen molar-refractivity contribution in [2.45, 2.75) is 32.6 Å². The number of unbranched alkanes of at least 4 members (excludes halogenated alkanes) is 3. The van der Waals surface area contributed by atoms with Crippen LogP contribution in [0.2, 0.25) is 0 Å². The van der Waals surface area contributed by atoms with Crippen molar-refractivity contribution >= 4 is 27.6 Å². The molecule has 0 atom stereocenters. The smallest absolute Gasteiger partial charge is 0.339 e. The van der Waals surface area contributed by atoms with Crippen LogP contribution in [0.1, 0.15) is 43.0 Å². The summed E-state index contributed by atoms with van der Waals surface area (Å²) in [6, 6.07) is 5.19. The Hall–Kier alpha value is -1.03. The van der Waals surface area contributed by atoms with Crippen LogP contribution in [0.4, 0.5) is 5.69 Å². The van der Waals surface area contributed by atoms with E-state index in [0.717, 1.165) is 12.8 Å². The summed E-state index contributed by atoms with van der Waals surface area (Å²) in [7, 11) is 0. The Morgan fingerprint density at radius 2 is 2.12 bits per heavy atom. The Bertz CT molecular complexity index is 380. The molecule has 2 N–H and O–H groups in total. The van der Waals surface area contributed by atoms with E-state index in [1.807, 2.05) is 0 Å². The van der Waals surface area contributed by atoms with Crippen molar-refractivity contribution in [2.75, 3.05) is 12.3 Å². The molecule has 0 heterocycles. The van der Waals surface area contributed by atoms with E-state index in [1.165, 1.54) is 12.8 Å². The molecule has 0 aliphatic rings. The van der Waals surface area contributed by atoms with Crippen molar-refractivity contribution in [3.8, 4) is 0 Å². The number of benzene rings is 1. The van der Waals surface area contributed by atoms with Crippen LogP contribution in [-0.2, 0) is 4.74 Å². The molecule has 17 heavy (non-hydrogen) atoms. The van der Waals surface area contributed by atoms with Gasteiger partial charge in [0.05, 0.1) is 16.6 Å².